The zero-order chi connectivity index (χ0) is 19.9. The molecule has 1 N–H and O–H groups in total. The molecule has 2 aromatic rings. The van der Waals surface area contributed by atoms with Gasteiger partial charge in [0.05, 0.1) is 11.6 Å². The second-order valence-corrected chi connectivity index (χ2v) is 7.41. The van der Waals surface area contributed by atoms with Gasteiger partial charge in [-0.05, 0) is 35.9 Å². The maximum absolute atomic E-state index is 13.4. The molecule has 27 heavy (non-hydrogen) atoms. The van der Waals surface area contributed by atoms with Crippen molar-refractivity contribution in [2.75, 3.05) is 4.90 Å². The SMILES string of the molecule is CC(C)C(=O)C1=C(O)C(=O)N(c2cc(Cl)cc(Cl)c2)C1c1ccc(F)cc1. The fourth-order valence-corrected chi connectivity index (χ4v) is 3.59. The molecule has 3 rings (SSSR count). The summed E-state index contributed by atoms with van der Waals surface area (Å²) in [5, 5.41) is 11.1. The first-order valence-corrected chi connectivity index (χ1v) is 8.98. The number of carbonyl (C=O) groups excluding carboxylic acids is 2. The Kier molecular flexibility index (Phi) is 5.27. The number of hydrogen-bond donors (Lipinski definition) is 1. The van der Waals surface area contributed by atoms with Crippen molar-refractivity contribution in [3.63, 3.8) is 0 Å². The highest BCUT2D eigenvalue weighted by Gasteiger charge is 2.44. The molecule has 2 aromatic carbocycles. The first kappa shape index (κ1) is 19.4. The highest BCUT2D eigenvalue weighted by atomic mass is 35.5. The molecule has 1 atom stereocenters. The van der Waals surface area contributed by atoms with Crippen LogP contribution in [-0.4, -0.2) is 16.8 Å². The van der Waals surface area contributed by atoms with Gasteiger partial charge in [-0.25, -0.2) is 4.39 Å². The fraction of sp³-hybridized carbons (Fsp3) is 0.200. The van der Waals surface area contributed by atoms with Crippen molar-refractivity contribution in [2.24, 2.45) is 5.92 Å². The minimum absolute atomic E-state index is 0.0299. The fourth-order valence-electron chi connectivity index (χ4n) is 3.07. The van der Waals surface area contributed by atoms with Gasteiger partial charge in [-0.2, -0.15) is 0 Å². The van der Waals surface area contributed by atoms with Gasteiger partial charge >= 0.3 is 0 Å². The Morgan fingerprint density at radius 2 is 1.67 bits per heavy atom. The Labute approximate surface area is 165 Å². The maximum Gasteiger partial charge on any atom is 0.294 e. The zero-order valence-electron chi connectivity index (χ0n) is 14.5. The molecule has 4 nitrogen and oxygen atoms in total. The molecule has 1 unspecified atom stereocenters. The van der Waals surface area contributed by atoms with Crippen LogP contribution in [0.5, 0.6) is 0 Å². The summed E-state index contributed by atoms with van der Waals surface area (Å²) in [7, 11) is 0. The summed E-state index contributed by atoms with van der Waals surface area (Å²) in [6.07, 6.45) is 0. The molecule has 0 aromatic heterocycles. The molecule has 0 spiro atoms. The minimum atomic E-state index is -0.914. The molecular formula is C20H16Cl2FNO3. The molecule has 1 amide bonds. The second kappa shape index (κ2) is 7.33. The molecule has 0 radical (unpaired) electrons. The quantitative estimate of drug-likeness (QED) is 0.751. The minimum Gasteiger partial charge on any atom is -0.503 e. The summed E-state index contributed by atoms with van der Waals surface area (Å²) < 4.78 is 13.4. The number of benzene rings is 2. The van der Waals surface area contributed by atoms with Crippen LogP contribution in [0.4, 0.5) is 10.1 Å². The van der Waals surface area contributed by atoms with E-state index in [4.69, 9.17) is 23.2 Å². The third-order valence-corrected chi connectivity index (χ3v) is 4.75. The van der Waals surface area contributed by atoms with Crippen LogP contribution in [0.25, 0.3) is 0 Å². The van der Waals surface area contributed by atoms with E-state index in [2.05, 4.69) is 0 Å². The number of hydrogen-bond acceptors (Lipinski definition) is 3. The number of halogens is 3. The van der Waals surface area contributed by atoms with Gasteiger partial charge in [0.15, 0.2) is 11.5 Å². The number of carbonyl (C=O) groups is 2. The van der Waals surface area contributed by atoms with E-state index in [-0.39, 0.29) is 11.4 Å². The lowest BCUT2D eigenvalue weighted by atomic mass is 9.91. The average Bonchev–Trinajstić information content (AvgIpc) is 2.85. The van der Waals surface area contributed by atoms with Crippen molar-refractivity contribution in [3.8, 4) is 0 Å². The molecular weight excluding hydrogens is 392 g/mol. The number of ketones is 1. The van der Waals surface area contributed by atoms with Crippen molar-refractivity contribution < 1.29 is 19.1 Å². The normalized spacial score (nSPS) is 17.2. The molecule has 0 bridgehead atoms. The lowest BCUT2D eigenvalue weighted by Gasteiger charge is -2.27. The molecule has 0 fully saturated rings. The van der Waals surface area contributed by atoms with Crippen molar-refractivity contribution in [1.82, 2.24) is 0 Å². The molecule has 1 aliphatic heterocycles. The van der Waals surface area contributed by atoms with Gasteiger partial charge in [-0.15, -0.1) is 0 Å². The summed E-state index contributed by atoms with van der Waals surface area (Å²) in [5.74, 6) is -2.64. The zero-order valence-corrected chi connectivity index (χ0v) is 16.1. The van der Waals surface area contributed by atoms with Gasteiger partial charge in [0.1, 0.15) is 5.82 Å². The lowest BCUT2D eigenvalue weighted by Crippen LogP contribution is -2.31. The predicted molar refractivity (Wildman–Crippen MR) is 103 cm³/mol. The molecule has 140 valence electrons. The summed E-state index contributed by atoms with van der Waals surface area (Å²) in [4.78, 5) is 26.8. The van der Waals surface area contributed by atoms with Gasteiger partial charge in [-0.3, -0.25) is 14.5 Å². The summed E-state index contributed by atoms with van der Waals surface area (Å²) >= 11 is 12.1. The number of aliphatic hydroxyl groups is 1. The molecule has 0 aliphatic carbocycles. The number of aliphatic hydroxyl groups excluding tert-OH is 1. The summed E-state index contributed by atoms with van der Waals surface area (Å²) in [5.41, 5.74) is 0.775. The lowest BCUT2D eigenvalue weighted by molar-refractivity contribution is -0.119. The molecule has 1 heterocycles. The largest absolute Gasteiger partial charge is 0.503 e. The van der Waals surface area contributed by atoms with E-state index >= 15 is 0 Å². The summed E-state index contributed by atoms with van der Waals surface area (Å²) in [6.45, 7) is 3.35. The number of Topliss-reactive ketones (excluding diaryl/α,β-unsaturated/α-hetero) is 1. The third-order valence-electron chi connectivity index (χ3n) is 4.31. The van der Waals surface area contributed by atoms with Crippen LogP contribution in [0.15, 0.2) is 53.8 Å². The number of nitrogens with zero attached hydrogens (tertiary/aromatic N) is 1. The number of amides is 1. The number of anilines is 1. The maximum atomic E-state index is 13.4. The van der Waals surface area contributed by atoms with Crippen molar-refractivity contribution in [2.45, 2.75) is 19.9 Å². The van der Waals surface area contributed by atoms with E-state index in [1.807, 2.05) is 0 Å². The van der Waals surface area contributed by atoms with E-state index in [1.54, 1.807) is 13.8 Å². The van der Waals surface area contributed by atoms with Gasteiger partial charge in [0.25, 0.3) is 5.91 Å². The van der Waals surface area contributed by atoms with E-state index in [1.165, 1.54) is 47.4 Å². The van der Waals surface area contributed by atoms with Gasteiger partial charge < -0.3 is 5.11 Å². The molecule has 0 saturated heterocycles. The predicted octanol–water partition coefficient (Wildman–Crippen LogP) is 5.26. The van der Waals surface area contributed by atoms with Crippen LogP contribution in [0.1, 0.15) is 25.5 Å². The van der Waals surface area contributed by atoms with Crippen LogP contribution in [0.3, 0.4) is 0 Å². The Morgan fingerprint density at radius 3 is 2.19 bits per heavy atom. The van der Waals surface area contributed by atoms with E-state index in [0.717, 1.165) is 0 Å². The van der Waals surface area contributed by atoms with Crippen LogP contribution in [0.2, 0.25) is 10.0 Å². The first-order chi connectivity index (χ1) is 12.7. The Morgan fingerprint density at radius 1 is 1.11 bits per heavy atom. The first-order valence-electron chi connectivity index (χ1n) is 8.23. The smallest absolute Gasteiger partial charge is 0.294 e. The standard InChI is InChI=1S/C20H16Cl2FNO3/c1-10(2)18(25)16-17(11-3-5-14(23)6-4-11)24(20(27)19(16)26)15-8-12(21)7-13(22)9-15/h3-10,17,26H,1-2H3. The number of rotatable bonds is 4. The van der Waals surface area contributed by atoms with E-state index in [0.29, 0.717) is 21.3 Å². The van der Waals surface area contributed by atoms with Crippen LogP contribution < -0.4 is 4.90 Å². The van der Waals surface area contributed by atoms with Crippen LogP contribution in [0, 0.1) is 11.7 Å². The van der Waals surface area contributed by atoms with E-state index < -0.39 is 29.4 Å². The van der Waals surface area contributed by atoms with Gasteiger partial charge in [0, 0.05) is 21.7 Å². The highest BCUT2D eigenvalue weighted by Crippen LogP contribution is 2.43. The Hall–Kier alpha value is -2.37. The Bertz CT molecular complexity index is 934. The van der Waals surface area contributed by atoms with Crippen molar-refractivity contribution >= 4 is 40.6 Å². The van der Waals surface area contributed by atoms with Crippen molar-refractivity contribution in [3.05, 3.63) is 75.2 Å². The summed E-state index contributed by atoms with van der Waals surface area (Å²) in [6, 6.07) is 9.02. The molecule has 7 heteroatoms. The highest BCUT2D eigenvalue weighted by molar-refractivity contribution is 6.35. The van der Waals surface area contributed by atoms with Crippen LogP contribution in [-0.2, 0) is 9.59 Å². The molecule has 1 aliphatic rings. The monoisotopic (exact) mass is 407 g/mol. The third kappa shape index (κ3) is 3.57. The van der Waals surface area contributed by atoms with E-state index in [9.17, 15) is 19.1 Å². The second-order valence-electron chi connectivity index (χ2n) is 6.54. The van der Waals surface area contributed by atoms with Crippen LogP contribution >= 0.6 is 23.2 Å². The topological polar surface area (TPSA) is 57.6 Å². The molecule has 0 saturated carbocycles. The average molecular weight is 408 g/mol. The van der Waals surface area contributed by atoms with Gasteiger partial charge in [-0.1, -0.05) is 49.2 Å². The van der Waals surface area contributed by atoms with Crippen molar-refractivity contribution in [1.29, 1.82) is 0 Å². The Balaban J connectivity index is 2.21. The van der Waals surface area contributed by atoms with Gasteiger partial charge in [0.2, 0.25) is 0 Å².